The lowest BCUT2D eigenvalue weighted by molar-refractivity contribution is 0.403. The van der Waals surface area contributed by atoms with Gasteiger partial charge in [0.1, 0.15) is 5.75 Å². The number of imidazole rings is 1. The van der Waals surface area contributed by atoms with Crippen molar-refractivity contribution in [3.8, 4) is 11.8 Å². The maximum Gasteiger partial charge on any atom is 0.300 e. The first kappa shape index (κ1) is 17.1. The molecule has 1 aliphatic carbocycles. The number of aromatic nitrogens is 2. The van der Waals surface area contributed by atoms with Crippen molar-refractivity contribution in [2.45, 2.75) is 38.5 Å². The molecule has 1 aliphatic rings. The van der Waals surface area contributed by atoms with Crippen molar-refractivity contribution < 1.29 is 4.74 Å². The van der Waals surface area contributed by atoms with Crippen LogP contribution in [0.15, 0.2) is 48.5 Å². The maximum atomic E-state index is 5.86. The Bertz CT molecular complexity index is 803. The van der Waals surface area contributed by atoms with Crippen LogP contribution >= 0.6 is 0 Å². The number of ether oxygens (including phenoxy) is 1. The third-order valence-electron chi connectivity index (χ3n) is 5.29. The molecule has 0 amide bonds. The smallest absolute Gasteiger partial charge is 0.300 e. The molecule has 0 spiro atoms. The van der Waals surface area contributed by atoms with E-state index in [1.54, 1.807) is 0 Å². The summed E-state index contributed by atoms with van der Waals surface area (Å²) in [5, 5.41) is 0. The van der Waals surface area contributed by atoms with Crippen molar-refractivity contribution >= 4 is 11.0 Å². The molecule has 1 aromatic heterocycles. The fourth-order valence-corrected chi connectivity index (χ4v) is 3.63. The molecule has 136 valence electrons. The molecule has 0 radical (unpaired) electrons. The van der Waals surface area contributed by atoms with E-state index >= 15 is 0 Å². The van der Waals surface area contributed by atoms with Crippen molar-refractivity contribution in [1.29, 1.82) is 0 Å². The third kappa shape index (κ3) is 4.44. The topological polar surface area (TPSA) is 63.9 Å². The molecule has 1 saturated carbocycles. The number of nitrogens with one attached hydrogen (secondary N) is 1. The van der Waals surface area contributed by atoms with Gasteiger partial charge in [-0.3, -0.25) is 0 Å². The van der Waals surface area contributed by atoms with E-state index in [0.29, 0.717) is 6.01 Å². The number of rotatable bonds is 9. The van der Waals surface area contributed by atoms with Gasteiger partial charge in [-0.2, -0.15) is 4.98 Å². The fourth-order valence-electron chi connectivity index (χ4n) is 3.63. The van der Waals surface area contributed by atoms with Crippen LogP contribution in [-0.4, -0.2) is 16.5 Å². The van der Waals surface area contributed by atoms with E-state index in [2.05, 4.69) is 22.1 Å². The van der Waals surface area contributed by atoms with Crippen LogP contribution in [0.25, 0.3) is 11.0 Å². The highest BCUT2D eigenvalue weighted by Crippen LogP contribution is 2.37. The molecule has 1 atom stereocenters. The minimum absolute atomic E-state index is 0.534. The largest absolute Gasteiger partial charge is 0.426 e. The Kier molecular flexibility index (Phi) is 5.21. The van der Waals surface area contributed by atoms with Crippen molar-refractivity contribution in [2.75, 3.05) is 6.54 Å². The lowest BCUT2D eigenvalue weighted by atomic mass is 9.91. The van der Waals surface area contributed by atoms with E-state index in [0.717, 1.165) is 48.0 Å². The van der Waals surface area contributed by atoms with Gasteiger partial charge in [0, 0.05) is 0 Å². The number of para-hydroxylation sites is 2. The van der Waals surface area contributed by atoms with E-state index in [4.69, 9.17) is 10.5 Å². The second kappa shape index (κ2) is 7.92. The molecule has 1 fully saturated rings. The van der Waals surface area contributed by atoms with Crippen LogP contribution in [0.4, 0.5) is 0 Å². The number of benzene rings is 2. The second-order valence-corrected chi connectivity index (χ2v) is 7.47. The van der Waals surface area contributed by atoms with Gasteiger partial charge >= 0.3 is 0 Å². The van der Waals surface area contributed by atoms with Gasteiger partial charge in [0.05, 0.1) is 11.0 Å². The van der Waals surface area contributed by atoms with Crippen molar-refractivity contribution in [1.82, 2.24) is 9.97 Å². The third-order valence-corrected chi connectivity index (χ3v) is 5.29. The molecule has 4 rings (SSSR count). The Hall–Kier alpha value is -2.33. The number of aryl methyl sites for hydroxylation is 1. The minimum Gasteiger partial charge on any atom is -0.426 e. The van der Waals surface area contributed by atoms with Gasteiger partial charge in [-0.25, -0.2) is 0 Å². The molecule has 1 heterocycles. The summed E-state index contributed by atoms with van der Waals surface area (Å²) in [5.41, 5.74) is 9.06. The zero-order valence-corrected chi connectivity index (χ0v) is 15.2. The molecular formula is C22H27N3O. The molecular weight excluding hydrogens is 322 g/mol. The maximum absolute atomic E-state index is 5.86. The molecule has 4 heteroatoms. The summed E-state index contributed by atoms with van der Waals surface area (Å²) in [7, 11) is 0. The molecule has 3 aromatic rings. The molecule has 0 aliphatic heterocycles. The summed E-state index contributed by atoms with van der Waals surface area (Å²) in [4.78, 5) is 7.65. The normalized spacial score (nSPS) is 15.3. The molecule has 0 saturated heterocycles. The van der Waals surface area contributed by atoms with Crippen molar-refractivity contribution in [3.05, 3.63) is 54.1 Å². The summed E-state index contributed by atoms with van der Waals surface area (Å²) in [5.74, 6) is 2.56. The average molecular weight is 349 g/mol. The lowest BCUT2D eigenvalue weighted by Gasteiger charge is -2.15. The van der Waals surface area contributed by atoms with Gasteiger partial charge in [0.15, 0.2) is 0 Å². The molecule has 0 bridgehead atoms. The molecule has 4 nitrogen and oxygen atoms in total. The molecule has 2 aromatic carbocycles. The highest BCUT2D eigenvalue weighted by Gasteiger charge is 2.24. The van der Waals surface area contributed by atoms with Crippen LogP contribution in [0.5, 0.6) is 11.8 Å². The lowest BCUT2D eigenvalue weighted by Crippen LogP contribution is -2.10. The van der Waals surface area contributed by atoms with Crippen molar-refractivity contribution in [3.63, 3.8) is 0 Å². The number of hydrogen-bond donors (Lipinski definition) is 2. The highest BCUT2D eigenvalue weighted by atomic mass is 16.5. The zero-order valence-electron chi connectivity index (χ0n) is 15.2. The summed E-state index contributed by atoms with van der Waals surface area (Å²) >= 11 is 0. The Morgan fingerprint density at radius 1 is 1.08 bits per heavy atom. The van der Waals surface area contributed by atoms with Crippen LogP contribution in [0.2, 0.25) is 0 Å². The van der Waals surface area contributed by atoms with Crippen LogP contribution < -0.4 is 10.5 Å². The number of aromatic amines is 1. The van der Waals surface area contributed by atoms with Crippen LogP contribution in [-0.2, 0) is 6.42 Å². The Morgan fingerprint density at radius 3 is 2.62 bits per heavy atom. The first-order valence-electron chi connectivity index (χ1n) is 9.72. The quantitative estimate of drug-likeness (QED) is 0.568. The summed E-state index contributed by atoms with van der Waals surface area (Å²) in [6.45, 7) is 0.807. The standard InChI is InChI=1S/C22H27N3O/c23-14-13-18(15-17-7-8-17)6-5-16-9-11-19(12-10-16)26-22-24-20-3-1-2-4-21(20)25-22/h1-4,9-12,17-18H,5-8,13-15,23H2,(H,24,25). The SMILES string of the molecule is NCCC(CCc1ccc(Oc2nc3ccccc3[nH]2)cc1)CC1CC1. The highest BCUT2D eigenvalue weighted by molar-refractivity contribution is 5.75. The minimum atomic E-state index is 0.534. The Labute approximate surface area is 154 Å². The zero-order chi connectivity index (χ0) is 17.8. The molecule has 26 heavy (non-hydrogen) atoms. The number of nitrogens with two attached hydrogens (primary N) is 1. The van der Waals surface area contributed by atoms with Gasteiger partial charge in [-0.1, -0.05) is 37.1 Å². The Morgan fingerprint density at radius 2 is 1.88 bits per heavy atom. The number of H-pyrrole nitrogens is 1. The van der Waals surface area contributed by atoms with Gasteiger partial charge in [-0.15, -0.1) is 0 Å². The molecule has 3 N–H and O–H groups in total. The first-order valence-corrected chi connectivity index (χ1v) is 9.72. The van der Waals surface area contributed by atoms with Gasteiger partial charge < -0.3 is 15.5 Å². The van der Waals surface area contributed by atoms with E-state index < -0.39 is 0 Å². The monoisotopic (exact) mass is 349 g/mol. The van der Waals surface area contributed by atoms with Crippen LogP contribution in [0, 0.1) is 11.8 Å². The van der Waals surface area contributed by atoms with E-state index in [9.17, 15) is 0 Å². The summed E-state index contributed by atoms with van der Waals surface area (Å²) in [6.07, 6.45) is 7.72. The number of fused-ring (bicyclic) bond motifs is 1. The van der Waals surface area contributed by atoms with E-state index in [1.165, 1.54) is 31.2 Å². The predicted octanol–water partition coefficient (Wildman–Crippen LogP) is 5.05. The van der Waals surface area contributed by atoms with E-state index in [1.807, 2.05) is 36.4 Å². The molecule has 1 unspecified atom stereocenters. The van der Waals surface area contributed by atoms with Gasteiger partial charge in [0.25, 0.3) is 6.01 Å². The first-order chi connectivity index (χ1) is 12.8. The van der Waals surface area contributed by atoms with Crippen molar-refractivity contribution in [2.24, 2.45) is 17.6 Å². The van der Waals surface area contributed by atoms with Gasteiger partial charge in [-0.05, 0) is 73.9 Å². The number of nitrogens with zero attached hydrogens (tertiary/aromatic N) is 1. The predicted molar refractivity (Wildman–Crippen MR) is 105 cm³/mol. The Balaban J connectivity index is 1.33. The fraction of sp³-hybridized carbons (Fsp3) is 0.409. The second-order valence-electron chi connectivity index (χ2n) is 7.47. The van der Waals surface area contributed by atoms with Gasteiger partial charge in [0.2, 0.25) is 0 Å². The summed E-state index contributed by atoms with van der Waals surface area (Å²) in [6, 6.07) is 16.8. The average Bonchev–Trinajstić information content (AvgIpc) is 3.38. The van der Waals surface area contributed by atoms with E-state index in [-0.39, 0.29) is 0 Å². The number of hydrogen-bond acceptors (Lipinski definition) is 3. The van der Waals surface area contributed by atoms with Crippen LogP contribution in [0.3, 0.4) is 0 Å². The van der Waals surface area contributed by atoms with Crippen LogP contribution in [0.1, 0.15) is 37.7 Å². The summed E-state index contributed by atoms with van der Waals surface area (Å²) < 4.78 is 5.86.